The molecule has 0 aliphatic carbocycles. The van der Waals surface area contributed by atoms with Crippen molar-refractivity contribution >= 4 is 10.8 Å². The largest absolute Gasteiger partial charge is 0.508 e. The van der Waals surface area contributed by atoms with Gasteiger partial charge in [0.25, 0.3) is 0 Å². The van der Waals surface area contributed by atoms with Crippen LogP contribution < -0.4 is 0 Å². The van der Waals surface area contributed by atoms with Gasteiger partial charge in [-0.2, -0.15) is 0 Å². The lowest BCUT2D eigenvalue weighted by Crippen LogP contribution is -1.97. The van der Waals surface area contributed by atoms with Crippen molar-refractivity contribution in [2.45, 2.75) is 6.92 Å². The van der Waals surface area contributed by atoms with E-state index >= 15 is 0 Å². The second kappa shape index (κ2) is 4.77. The predicted octanol–water partition coefficient (Wildman–Crippen LogP) is 4.54. The lowest BCUT2D eigenvalue weighted by Gasteiger charge is -2.14. The van der Waals surface area contributed by atoms with E-state index in [1.165, 1.54) is 22.3 Å². The molecule has 1 N–H and O–H groups in total. The summed E-state index contributed by atoms with van der Waals surface area (Å²) in [4.78, 5) is 0. The van der Waals surface area contributed by atoms with E-state index in [1.807, 2.05) is 12.1 Å². The Balaban J connectivity index is 2.11. The molecule has 0 amide bonds. The number of phenolic OH excluding ortho intramolecular Hbond substituents is 1. The van der Waals surface area contributed by atoms with E-state index in [0.29, 0.717) is 5.75 Å². The number of rotatable bonds is 2. The molecule has 1 heteroatoms. The van der Waals surface area contributed by atoms with Gasteiger partial charge in [-0.05, 0) is 34.0 Å². The Kier molecular flexibility index (Phi) is 2.96. The summed E-state index contributed by atoms with van der Waals surface area (Å²) < 4.78 is 0. The maximum atomic E-state index is 9.37. The van der Waals surface area contributed by atoms with Crippen molar-refractivity contribution in [1.82, 2.24) is 0 Å². The Morgan fingerprint density at radius 2 is 1.47 bits per heavy atom. The van der Waals surface area contributed by atoms with Gasteiger partial charge in [-0.1, -0.05) is 61.5 Å². The van der Waals surface area contributed by atoms with Crippen LogP contribution in [0.3, 0.4) is 0 Å². The van der Waals surface area contributed by atoms with Crippen molar-refractivity contribution in [2.24, 2.45) is 0 Å². The second-order valence-corrected chi connectivity index (χ2v) is 4.70. The van der Waals surface area contributed by atoms with Gasteiger partial charge in [-0.15, -0.1) is 0 Å². The van der Waals surface area contributed by atoms with E-state index < -0.39 is 0 Å². The quantitative estimate of drug-likeness (QED) is 0.705. The van der Waals surface area contributed by atoms with Crippen LogP contribution in [0, 0.1) is 5.92 Å². The molecule has 0 bridgehead atoms. The molecular formula is C18H15O. The van der Waals surface area contributed by atoms with Crippen LogP contribution in [-0.2, 0) is 0 Å². The van der Waals surface area contributed by atoms with E-state index in [9.17, 15) is 5.11 Å². The molecule has 0 unspecified atom stereocenters. The van der Waals surface area contributed by atoms with Crippen LogP contribution >= 0.6 is 0 Å². The highest BCUT2D eigenvalue weighted by atomic mass is 16.3. The highest BCUT2D eigenvalue weighted by Crippen LogP contribution is 2.30. The molecule has 3 aromatic carbocycles. The molecule has 1 nitrogen and oxygen atoms in total. The molecule has 0 spiro atoms. The van der Waals surface area contributed by atoms with Crippen LogP contribution in [0.15, 0.2) is 66.7 Å². The first-order chi connectivity index (χ1) is 9.25. The minimum Gasteiger partial charge on any atom is -0.508 e. The monoisotopic (exact) mass is 247 g/mol. The van der Waals surface area contributed by atoms with Gasteiger partial charge in [-0.3, -0.25) is 0 Å². The topological polar surface area (TPSA) is 20.2 Å². The van der Waals surface area contributed by atoms with Crippen molar-refractivity contribution in [2.75, 3.05) is 0 Å². The standard InChI is InChI=1S/C18H15O/c1-13(14-9-11-16(19)12-10-14)17-8-4-6-15-5-2-3-7-18(15)17/h2-12,19H,1H3. The molecule has 0 atom stereocenters. The Hall–Kier alpha value is -2.28. The number of hydrogen-bond donors (Lipinski definition) is 1. The van der Waals surface area contributed by atoms with Gasteiger partial charge in [0.1, 0.15) is 5.75 Å². The number of benzene rings is 3. The number of fused-ring (bicyclic) bond motifs is 1. The molecule has 0 aliphatic rings. The maximum Gasteiger partial charge on any atom is 0.115 e. The van der Waals surface area contributed by atoms with E-state index in [0.717, 1.165) is 5.56 Å². The highest BCUT2D eigenvalue weighted by Gasteiger charge is 2.11. The Morgan fingerprint density at radius 3 is 2.26 bits per heavy atom. The van der Waals surface area contributed by atoms with Crippen LogP contribution in [0.25, 0.3) is 10.8 Å². The molecular weight excluding hydrogens is 232 g/mol. The molecule has 0 heterocycles. The zero-order valence-corrected chi connectivity index (χ0v) is 10.8. The van der Waals surface area contributed by atoms with Gasteiger partial charge in [0.15, 0.2) is 0 Å². The predicted molar refractivity (Wildman–Crippen MR) is 79.2 cm³/mol. The van der Waals surface area contributed by atoms with Crippen LogP contribution in [-0.4, -0.2) is 5.11 Å². The lowest BCUT2D eigenvalue weighted by molar-refractivity contribution is 0.475. The van der Waals surface area contributed by atoms with Crippen LogP contribution in [0.5, 0.6) is 5.75 Å². The zero-order valence-electron chi connectivity index (χ0n) is 10.8. The SMILES string of the molecule is C[C](c1ccc(O)cc1)c1cccc2ccccc12. The van der Waals surface area contributed by atoms with Gasteiger partial charge >= 0.3 is 0 Å². The van der Waals surface area contributed by atoms with Crippen molar-refractivity contribution in [3.05, 3.63) is 83.8 Å². The molecule has 0 aliphatic heterocycles. The fraction of sp³-hybridized carbons (Fsp3) is 0.0556. The lowest BCUT2D eigenvalue weighted by atomic mass is 9.89. The van der Waals surface area contributed by atoms with Crippen molar-refractivity contribution in [3.63, 3.8) is 0 Å². The third-order valence-electron chi connectivity index (χ3n) is 3.49. The fourth-order valence-electron chi connectivity index (χ4n) is 2.42. The molecule has 0 saturated carbocycles. The van der Waals surface area contributed by atoms with E-state index in [-0.39, 0.29) is 0 Å². The molecule has 1 radical (unpaired) electrons. The molecule has 3 aromatic rings. The summed E-state index contributed by atoms with van der Waals surface area (Å²) in [6.45, 7) is 2.12. The summed E-state index contributed by atoms with van der Waals surface area (Å²) in [6, 6.07) is 22.1. The van der Waals surface area contributed by atoms with Crippen LogP contribution in [0.4, 0.5) is 0 Å². The minimum atomic E-state index is 0.300. The Bertz CT molecular complexity index is 693. The highest BCUT2D eigenvalue weighted by molar-refractivity contribution is 5.88. The smallest absolute Gasteiger partial charge is 0.115 e. The summed E-state index contributed by atoms with van der Waals surface area (Å²) in [5.74, 6) is 1.52. The van der Waals surface area contributed by atoms with E-state index in [4.69, 9.17) is 0 Å². The molecule has 0 aromatic heterocycles. The summed E-state index contributed by atoms with van der Waals surface area (Å²) in [5.41, 5.74) is 2.37. The van der Waals surface area contributed by atoms with Crippen molar-refractivity contribution in [1.29, 1.82) is 0 Å². The van der Waals surface area contributed by atoms with Gasteiger partial charge in [-0.25, -0.2) is 0 Å². The van der Waals surface area contributed by atoms with E-state index in [2.05, 4.69) is 49.4 Å². The third kappa shape index (κ3) is 2.19. The molecule has 19 heavy (non-hydrogen) atoms. The normalized spacial score (nSPS) is 11.1. The third-order valence-corrected chi connectivity index (χ3v) is 3.49. The van der Waals surface area contributed by atoms with E-state index in [1.54, 1.807) is 12.1 Å². The van der Waals surface area contributed by atoms with Gasteiger partial charge in [0.05, 0.1) is 0 Å². The average Bonchev–Trinajstić information content (AvgIpc) is 2.47. The zero-order chi connectivity index (χ0) is 13.2. The summed E-state index contributed by atoms with van der Waals surface area (Å²) in [7, 11) is 0. The Morgan fingerprint density at radius 1 is 0.789 bits per heavy atom. The molecule has 0 fully saturated rings. The Labute approximate surface area is 113 Å². The summed E-state index contributed by atoms with van der Waals surface area (Å²) in [5, 5.41) is 11.9. The van der Waals surface area contributed by atoms with Crippen LogP contribution in [0.1, 0.15) is 18.1 Å². The maximum absolute atomic E-state index is 9.37. The molecule has 93 valence electrons. The van der Waals surface area contributed by atoms with Gasteiger partial charge in [0.2, 0.25) is 0 Å². The number of aromatic hydroxyl groups is 1. The number of phenols is 1. The first-order valence-corrected chi connectivity index (χ1v) is 6.37. The summed E-state index contributed by atoms with van der Waals surface area (Å²) >= 11 is 0. The summed E-state index contributed by atoms with van der Waals surface area (Å²) in [6.07, 6.45) is 0. The van der Waals surface area contributed by atoms with Gasteiger partial charge < -0.3 is 5.11 Å². The minimum absolute atomic E-state index is 0.300. The average molecular weight is 247 g/mol. The molecule has 3 rings (SSSR count). The fourth-order valence-corrected chi connectivity index (χ4v) is 2.42. The number of hydrogen-bond acceptors (Lipinski definition) is 1. The molecule has 0 saturated heterocycles. The second-order valence-electron chi connectivity index (χ2n) is 4.70. The van der Waals surface area contributed by atoms with Crippen molar-refractivity contribution in [3.8, 4) is 5.75 Å². The first-order valence-electron chi connectivity index (χ1n) is 6.37. The van der Waals surface area contributed by atoms with Gasteiger partial charge in [0, 0.05) is 5.92 Å². The van der Waals surface area contributed by atoms with Crippen LogP contribution in [0.2, 0.25) is 0 Å². The van der Waals surface area contributed by atoms with Crippen molar-refractivity contribution < 1.29 is 5.11 Å². The first kappa shape index (κ1) is 11.8.